The molecule has 0 unspecified atom stereocenters. The Morgan fingerprint density at radius 1 is 1.04 bits per heavy atom. The number of carbonyl (C=O) groups excluding carboxylic acids is 1. The number of amides is 1. The molecule has 1 amide bonds. The molecule has 3 rings (SSSR count). The van der Waals surface area contributed by atoms with E-state index < -0.39 is 0 Å². The average molecular weight is 497 g/mol. The van der Waals surface area contributed by atoms with E-state index in [0.717, 1.165) is 5.69 Å². The lowest BCUT2D eigenvalue weighted by atomic mass is 10.2. The minimum absolute atomic E-state index is 0. The van der Waals surface area contributed by atoms with E-state index in [4.69, 9.17) is 0 Å². The summed E-state index contributed by atoms with van der Waals surface area (Å²) < 4.78 is 13.9. The van der Waals surface area contributed by atoms with Gasteiger partial charge in [-0.05, 0) is 24.3 Å². The van der Waals surface area contributed by atoms with E-state index in [-0.39, 0.29) is 42.2 Å². The zero-order valence-electron chi connectivity index (χ0n) is 15.8. The number of anilines is 2. The predicted octanol–water partition coefficient (Wildman–Crippen LogP) is 2.78. The molecule has 0 radical (unpaired) electrons. The summed E-state index contributed by atoms with van der Waals surface area (Å²) in [6.07, 6.45) is 0. The number of hydrogen-bond acceptors (Lipinski definition) is 3. The maximum absolute atomic E-state index is 13.9. The molecule has 1 aliphatic rings. The smallest absolute Gasteiger partial charge is 0.243 e. The van der Waals surface area contributed by atoms with Crippen LogP contribution in [0.5, 0.6) is 0 Å². The summed E-state index contributed by atoms with van der Waals surface area (Å²) in [6.45, 7) is 2.92. The maximum Gasteiger partial charge on any atom is 0.243 e. The number of piperazine rings is 1. The zero-order valence-corrected chi connectivity index (χ0v) is 18.1. The van der Waals surface area contributed by atoms with Crippen LogP contribution in [0.25, 0.3) is 0 Å². The third-order valence-electron chi connectivity index (χ3n) is 4.45. The number of benzene rings is 2. The van der Waals surface area contributed by atoms with Crippen LogP contribution in [-0.4, -0.2) is 56.5 Å². The second kappa shape index (κ2) is 10.8. The Bertz CT molecular complexity index is 794. The van der Waals surface area contributed by atoms with E-state index in [2.05, 4.69) is 20.5 Å². The topological polar surface area (TPSA) is 60.0 Å². The van der Waals surface area contributed by atoms with Gasteiger partial charge in [0.1, 0.15) is 5.82 Å². The van der Waals surface area contributed by atoms with Crippen molar-refractivity contribution >= 4 is 47.2 Å². The molecule has 0 atom stereocenters. The van der Waals surface area contributed by atoms with Crippen LogP contribution in [0, 0.1) is 5.82 Å². The van der Waals surface area contributed by atoms with Gasteiger partial charge >= 0.3 is 0 Å². The molecular weight excluding hydrogens is 472 g/mol. The molecule has 1 heterocycles. The van der Waals surface area contributed by atoms with E-state index in [9.17, 15) is 9.18 Å². The first kappa shape index (κ1) is 21.9. The molecule has 0 aromatic heterocycles. The molecule has 1 fully saturated rings. The van der Waals surface area contributed by atoms with Gasteiger partial charge in [0.05, 0.1) is 12.2 Å². The fraction of sp³-hybridized carbons (Fsp3) is 0.300. The third kappa shape index (κ3) is 5.82. The van der Waals surface area contributed by atoms with Crippen molar-refractivity contribution in [1.82, 2.24) is 10.2 Å². The lowest BCUT2D eigenvalue weighted by molar-refractivity contribution is -0.115. The van der Waals surface area contributed by atoms with Crippen molar-refractivity contribution in [2.45, 2.75) is 0 Å². The Kier molecular flexibility index (Phi) is 8.49. The molecular formula is C20H25FIN5O. The van der Waals surface area contributed by atoms with Crippen LogP contribution in [0.2, 0.25) is 0 Å². The standard InChI is InChI=1S/C20H24FN5O.HI/c1-22-20(23-15-19(27)24-16-7-3-2-4-8-16)26-13-11-25(12-14-26)18-10-6-5-9-17(18)21;/h2-10H,11-15H2,1H3,(H,22,23)(H,24,27);1H. The number of nitrogens with one attached hydrogen (secondary N) is 2. The van der Waals surface area contributed by atoms with Crippen molar-refractivity contribution in [3.05, 3.63) is 60.4 Å². The largest absolute Gasteiger partial charge is 0.366 e. The lowest BCUT2D eigenvalue weighted by Crippen LogP contribution is -2.53. The van der Waals surface area contributed by atoms with E-state index in [0.29, 0.717) is 37.8 Å². The molecule has 1 aliphatic heterocycles. The van der Waals surface area contributed by atoms with Gasteiger partial charge in [-0.15, -0.1) is 24.0 Å². The first-order valence-electron chi connectivity index (χ1n) is 8.97. The first-order valence-corrected chi connectivity index (χ1v) is 8.97. The summed E-state index contributed by atoms with van der Waals surface area (Å²) in [5, 5.41) is 5.93. The number of halogens is 2. The van der Waals surface area contributed by atoms with Crippen molar-refractivity contribution in [2.75, 3.05) is 50.0 Å². The Hall–Kier alpha value is -2.36. The highest BCUT2D eigenvalue weighted by Crippen LogP contribution is 2.20. The van der Waals surface area contributed by atoms with Gasteiger partial charge in [-0.3, -0.25) is 9.79 Å². The number of rotatable bonds is 4. The minimum Gasteiger partial charge on any atom is -0.366 e. The SMILES string of the molecule is CN=C(NCC(=O)Nc1ccccc1)N1CCN(c2ccccc2F)CC1.I. The van der Waals surface area contributed by atoms with E-state index in [1.54, 1.807) is 19.2 Å². The number of carbonyl (C=O) groups is 1. The van der Waals surface area contributed by atoms with Crippen LogP contribution in [0.1, 0.15) is 0 Å². The zero-order chi connectivity index (χ0) is 19.1. The number of para-hydroxylation sites is 2. The van der Waals surface area contributed by atoms with Gasteiger partial charge in [0.25, 0.3) is 0 Å². The Labute approximate surface area is 181 Å². The molecule has 150 valence electrons. The van der Waals surface area contributed by atoms with Crippen molar-refractivity contribution < 1.29 is 9.18 Å². The highest BCUT2D eigenvalue weighted by atomic mass is 127. The third-order valence-corrected chi connectivity index (χ3v) is 4.45. The van der Waals surface area contributed by atoms with Crippen LogP contribution < -0.4 is 15.5 Å². The normalized spacial score (nSPS) is 14.3. The van der Waals surface area contributed by atoms with Gasteiger partial charge < -0.3 is 20.4 Å². The van der Waals surface area contributed by atoms with Gasteiger partial charge in [0, 0.05) is 38.9 Å². The molecule has 1 saturated heterocycles. The lowest BCUT2D eigenvalue weighted by Gasteiger charge is -2.37. The molecule has 0 spiro atoms. The molecule has 8 heteroatoms. The molecule has 0 bridgehead atoms. The Balaban J connectivity index is 0.00000280. The van der Waals surface area contributed by atoms with Gasteiger partial charge in [0.2, 0.25) is 5.91 Å². The second-order valence-electron chi connectivity index (χ2n) is 6.24. The molecule has 2 aromatic rings. The second-order valence-corrected chi connectivity index (χ2v) is 6.24. The summed E-state index contributed by atoms with van der Waals surface area (Å²) in [4.78, 5) is 20.5. The number of nitrogens with zero attached hydrogens (tertiary/aromatic N) is 3. The number of aliphatic imine (C=N–C) groups is 1. The molecule has 0 saturated carbocycles. The van der Waals surface area contributed by atoms with Crippen molar-refractivity contribution in [3.63, 3.8) is 0 Å². The minimum atomic E-state index is -0.203. The van der Waals surface area contributed by atoms with Crippen LogP contribution in [0.15, 0.2) is 59.6 Å². The summed E-state index contributed by atoms with van der Waals surface area (Å²) in [5.41, 5.74) is 1.39. The van der Waals surface area contributed by atoms with E-state index in [1.807, 2.05) is 41.3 Å². The molecule has 2 N–H and O–H groups in total. The van der Waals surface area contributed by atoms with Crippen LogP contribution in [0.4, 0.5) is 15.8 Å². The monoisotopic (exact) mass is 497 g/mol. The fourth-order valence-corrected chi connectivity index (χ4v) is 3.09. The van der Waals surface area contributed by atoms with E-state index >= 15 is 0 Å². The molecule has 2 aromatic carbocycles. The van der Waals surface area contributed by atoms with E-state index in [1.165, 1.54) is 6.07 Å². The van der Waals surface area contributed by atoms with Crippen molar-refractivity contribution in [3.8, 4) is 0 Å². The summed E-state index contributed by atoms with van der Waals surface area (Å²) in [7, 11) is 1.70. The molecule has 28 heavy (non-hydrogen) atoms. The van der Waals surface area contributed by atoms with Crippen LogP contribution in [-0.2, 0) is 4.79 Å². The summed E-state index contributed by atoms with van der Waals surface area (Å²) >= 11 is 0. The van der Waals surface area contributed by atoms with Crippen molar-refractivity contribution in [1.29, 1.82) is 0 Å². The van der Waals surface area contributed by atoms with Gasteiger partial charge in [0.15, 0.2) is 5.96 Å². The van der Waals surface area contributed by atoms with Crippen LogP contribution in [0.3, 0.4) is 0 Å². The Morgan fingerprint density at radius 2 is 1.68 bits per heavy atom. The first-order chi connectivity index (χ1) is 13.2. The summed E-state index contributed by atoms with van der Waals surface area (Å²) in [6, 6.07) is 16.1. The maximum atomic E-state index is 13.9. The quantitative estimate of drug-likeness (QED) is 0.388. The van der Waals surface area contributed by atoms with Gasteiger partial charge in [-0.2, -0.15) is 0 Å². The predicted molar refractivity (Wildman–Crippen MR) is 122 cm³/mol. The molecule has 6 nitrogen and oxygen atoms in total. The van der Waals surface area contributed by atoms with Crippen molar-refractivity contribution in [2.24, 2.45) is 4.99 Å². The van der Waals surface area contributed by atoms with Gasteiger partial charge in [-0.25, -0.2) is 4.39 Å². The van der Waals surface area contributed by atoms with Gasteiger partial charge in [-0.1, -0.05) is 30.3 Å². The van der Waals surface area contributed by atoms with Crippen LogP contribution >= 0.6 is 24.0 Å². The molecule has 0 aliphatic carbocycles. The average Bonchev–Trinajstić information content (AvgIpc) is 2.70. The number of hydrogen-bond donors (Lipinski definition) is 2. The Morgan fingerprint density at radius 3 is 2.32 bits per heavy atom. The highest BCUT2D eigenvalue weighted by molar-refractivity contribution is 14.0. The summed E-state index contributed by atoms with van der Waals surface area (Å²) in [5.74, 6) is 0.338. The fourth-order valence-electron chi connectivity index (χ4n) is 3.09. The number of guanidine groups is 1. The highest BCUT2D eigenvalue weighted by Gasteiger charge is 2.21.